The summed E-state index contributed by atoms with van der Waals surface area (Å²) in [5, 5.41) is 1.57. The number of imide groups is 1. The number of benzene rings is 1. The van der Waals surface area contributed by atoms with Gasteiger partial charge < -0.3 is 10.2 Å². The fourth-order valence-corrected chi connectivity index (χ4v) is 2.94. The van der Waals surface area contributed by atoms with Crippen molar-refractivity contribution in [3.63, 3.8) is 0 Å². The molecular formula is C21H19FN4O4. The van der Waals surface area contributed by atoms with E-state index < -0.39 is 47.9 Å². The highest BCUT2D eigenvalue weighted by Gasteiger charge is 2.30. The molecule has 0 unspecified atom stereocenters. The molecule has 8 nitrogen and oxygen atoms in total. The highest BCUT2D eigenvalue weighted by Crippen LogP contribution is 2.29. The maximum atomic E-state index is 15.0. The van der Waals surface area contributed by atoms with E-state index in [1.165, 1.54) is 12.1 Å². The summed E-state index contributed by atoms with van der Waals surface area (Å²) in [6.07, 6.45) is -6.10. The van der Waals surface area contributed by atoms with Crippen LogP contribution in [0.5, 0.6) is 0 Å². The molecule has 0 bridgehead atoms. The molecule has 1 saturated heterocycles. The number of rotatable bonds is 3. The van der Waals surface area contributed by atoms with Crippen LogP contribution in [-0.4, -0.2) is 21.4 Å². The molecule has 0 aliphatic carbocycles. The van der Waals surface area contributed by atoms with Crippen LogP contribution in [0.3, 0.4) is 0 Å². The van der Waals surface area contributed by atoms with Gasteiger partial charge in [-0.05, 0) is 49.5 Å². The van der Waals surface area contributed by atoms with Crippen LogP contribution in [0.15, 0.2) is 39.7 Å². The molecule has 30 heavy (non-hydrogen) atoms. The number of aromatic nitrogens is 2. The SMILES string of the molecule is [2H]C1([2H])C(=O)NC(=O)[C@@]([2H])(n2cc(-c3ccc(-c4cc(C)c(C)c(N)n4)cc3F)oc2=O)C1([2H])[2H]. The fraction of sp³-hybridized carbons (Fsp3) is 0.238. The number of hydrogen-bond donors (Lipinski definition) is 2. The predicted octanol–water partition coefficient (Wildman–Crippen LogP) is 2.49. The Morgan fingerprint density at radius 1 is 1.33 bits per heavy atom. The van der Waals surface area contributed by atoms with E-state index >= 15 is 4.39 Å². The summed E-state index contributed by atoms with van der Waals surface area (Å²) in [4.78, 5) is 41.0. The van der Waals surface area contributed by atoms with Crippen molar-refractivity contribution in [3.05, 3.63) is 58.0 Å². The van der Waals surface area contributed by atoms with Crippen LogP contribution in [0.25, 0.3) is 22.6 Å². The Balaban J connectivity index is 1.80. The first kappa shape index (κ1) is 14.3. The number of nitrogens with two attached hydrogens (primary N) is 1. The Labute approximate surface area is 177 Å². The lowest BCUT2D eigenvalue weighted by molar-refractivity contribution is -0.135. The van der Waals surface area contributed by atoms with Crippen molar-refractivity contribution in [1.29, 1.82) is 0 Å². The number of halogens is 1. The van der Waals surface area contributed by atoms with E-state index in [4.69, 9.17) is 17.0 Å². The smallest absolute Gasteiger partial charge is 0.408 e. The van der Waals surface area contributed by atoms with Crippen LogP contribution < -0.4 is 16.8 Å². The number of carbonyl (C=O) groups excluding carboxylic acids is 2. The van der Waals surface area contributed by atoms with Gasteiger partial charge in [0.05, 0.1) is 18.8 Å². The number of pyridine rings is 1. The zero-order valence-corrected chi connectivity index (χ0v) is 15.9. The molecule has 2 amide bonds. The zero-order chi connectivity index (χ0) is 26.1. The van der Waals surface area contributed by atoms with Crippen molar-refractivity contribution in [2.24, 2.45) is 0 Å². The van der Waals surface area contributed by atoms with E-state index in [-0.39, 0.29) is 15.9 Å². The molecule has 1 fully saturated rings. The highest BCUT2D eigenvalue weighted by atomic mass is 19.1. The molecule has 3 N–H and O–H groups in total. The van der Waals surface area contributed by atoms with Gasteiger partial charge in [-0.3, -0.25) is 19.5 Å². The zero-order valence-electron chi connectivity index (χ0n) is 20.9. The monoisotopic (exact) mass is 415 g/mol. The molecule has 4 rings (SSSR count). The first-order chi connectivity index (χ1) is 16.1. The molecule has 2 aromatic heterocycles. The van der Waals surface area contributed by atoms with Gasteiger partial charge in [0.2, 0.25) is 11.8 Å². The number of hydrogen-bond acceptors (Lipinski definition) is 6. The molecule has 1 aromatic carbocycles. The standard InChI is InChI=1S/C21H19FN4O4/c1-10-7-15(24-19(23)11(10)2)12-3-4-13(14(22)8-12)17-9-26(21(29)30-17)16-5-6-18(27)25-20(16)28/h3-4,7-9,16H,5-6H2,1-2H3,(H2,23,24)(H,25,27,28)/t16-/m0/s1/i5D2,6D2,16D. The Morgan fingerprint density at radius 2 is 2.10 bits per heavy atom. The average molecular weight is 415 g/mol. The molecule has 154 valence electrons. The molecular weight excluding hydrogens is 391 g/mol. The molecule has 0 spiro atoms. The summed E-state index contributed by atoms with van der Waals surface area (Å²) in [5.74, 6) is -5.61. The maximum absolute atomic E-state index is 15.0. The molecule has 3 heterocycles. The first-order valence-corrected chi connectivity index (χ1v) is 8.75. The van der Waals surface area contributed by atoms with Crippen LogP contribution in [0.2, 0.25) is 0 Å². The second kappa shape index (κ2) is 7.25. The van der Waals surface area contributed by atoms with Crippen molar-refractivity contribution in [3.8, 4) is 22.6 Å². The van der Waals surface area contributed by atoms with E-state index in [1.54, 1.807) is 18.3 Å². The molecule has 9 heteroatoms. The normalized spacial score (nSPS) is 24.8. The summed E-state index contributed by atoms with van der Waals surface area (Å²) in [7, 11) is 0. The number of carbonyl (C=O) groups is 2. The highest BCUT2D eigenvalue weighted by molar-refractivity contribution is 5.99. The minimum atomic E-state index is -3.48. The minimum absolute atomic E-state index is 0.195. The average Bonchev–Trinajstić information content (AvgIpc) is 3.16. The third-order valence-electron chi connectivity index (χ3n) is 4.72. The van der Waals surface area contributed by atoms with Gasteiger partial charge >= 0.3 is 5.76 Å². The van der Waals surface area contributed by atoms with Gasteiger partial charge in [0.15, 0.2) is 5.76 Å². The maximum Gasteiger partial charge on any atom is 0.420 e. The van der Waals surface area contributed by atoms with Crippen LogP contribution in [0, 0.1) is 19.7 Å². The third-order valence-corrected chi connectivity index (χ3v) is 4.72. The van der Waals surface area contributed by atoms with Crippen molar-refractivity contribution < 1.29 is 25.3 Å². The largest absolute Gasteiger partial charge is 0.420 e. The Bertz CT molecular complexity index is 1450. The Kier molecular flexibility index (Phi) is 3.45. The first-order valence-electron chi connectivity index (χ1n) is 11.3. The molecule has 1 aliphatic rings. The van der Waals surface area contributed by atoms with E-state index in [1.807, 2.05) is 6.92 Å². The van der Waals surface area contributed by atoms with E-state index in [0.717, 1.165) is 23.4 Å². The lowest BCUT2D eigenvalue weighted by Gasteiger charge is -2.20. The lowest BCUT2D eigenvalue weighted by atomic mass is 10.0. The topological polar surface area (TPSA) is 120 Å². The number of amides is 2. The number of aryl methyl sites for hydroxylation is 1. The number of oxazole rings is 1. The van der Waals surface area contributed by atoms with Gasteiger partial charge in [0.25, 0.3) is 0 Å². The lowest BCUT2D eigenvalue weighted by Crippen LogP contribution is -2.43. The van der Waals surface area contributed by atoms with Gasteiger partial charge in [-0.25, -0.2) is 14.2 Å². The predicted molar refractivity (Wildman–Crippen MR) is 107 cm³/mol. The van der Waals surface area contributed by atoms with Crippen molar-refractivity contribution in [1.82, 2.24) is 14.9 Å². The second-order valence-electron chi connectivity index (χ2n) is 6.64. The van der Waals surface area contributed by atoms with Crippen LogP contribution in [0.4, 0.5) is 10.2 Å². The fourth-order valence-electron chi connectivity index (χ4n) is 2.94. The number of nitrogens with zero attached hydrogens (tertiary/aromatic N) is 2. The number of nitrogen functional groups attached to an aromatic ring is 1. The Morgan fingerprint density at radius 3 is 2.80 bits per heavy atom. The van der Waals surface area contributed by atoms with Gasteiger partial charge in [0.1, 0.15) is 17.7 Å². The third kappa shape index (κ3) is 3.38. The Hall–Kier alpha value is -3.75. The molecule has 1 aliphatic heterocycles. The molecule has 0 saturated carbocycles. The van der Waals surface area contributed by atoms with Crippen molar-refractivity contribution in [2.45, 2.75) is 32.6 Å². The van der Waals surface area contributed by atoms with Crippen molar-refractivity contribution in [2.75, 3.05) is 5.73 Å². The van der Waals surface area contributed by atoms with Crippen LogP contribution in [-0.2, 0) is 9.59 Å². The van der Waals surface area contributed by atoms with Crippen LogP contribution in [0.1, 0.15) is 36.7 Å². The summed E-state index contributed by atoms with van der Waals surface area (Å²) in [5.41, 5.74) is 8.05. The summed E-state index contributed by atoms with van der Waals surface area (Å²) >= 11 is 0. The van der Waals surface area contributed by atoms with E-state index in [2.05, 4.69) is 4.98 Å². The van der Waals surface area contributed by atoms with Gasteiger partial charge in [-0.2, -0.15) is 0 Å². The molecule has 1 atom stereocenters. The van der Waals surface area contributed by atoms with Crippen molar-refractivity contribution >= 4 is 17.6 Å². The summed E-state index contributed by atoms with van der Waals surface area (Å²) < 4.78 is 60.2. The van der Waals surface area contributed by atoms with Gasteiger partial charge in [0, 0.05) is 17.4 Å². The van der Waals surface area contributed by atoms with Crippen LogP contribution >= 0.6 is 0 Å². The number of piperidine rings is 1. The van der Waals surface area contributed by atoms with E-state index in [9.17, 15) is 14.4 Å². The quantitative estimate of drug-likeness (QED) is 0.634. The van der Waals surface area contributed by atoms with Gasteiger partial charge in [-0.15, -0.1) is 0 Å². The second-order valence-corrected chi connectivity index (χ2v) is 6.64. The summed E-state index contributed by atoms with van der Waals surface area (Å²) in [6.45, 7) is 3.62. The summed E-state index contributed by atoms with van der Waals surface area (Å²) in [6, 6.07) is 2.31. The number of nitrogens with one attached hydrogen (secondary N) is 1. The molecule has 3 aromatic rings. The van der Waals surface area contributed by atoms with Gasteiger partial charge in [-0.1, -0.05) is 6.07 Å². The molecule has 0 radical (unpaired) electrons. The minimum Gasteiger partial charge on any atom is -0.408 e. The number of anilines is 1. The van der Waals surface area contributed by atoms with E-state index in [0.29, 0.717) is 11.3 Å².